The van der Waals surface area contributed by atoms with Crippen molar-refractivity contribution in [1.82, 2.24) is 5.32 Å². The van der Waals surface area contributed by atoms with Crippen molar-refractivity contribution in [2.75, 3.05) is 13.2 Å². The highest BCUT2D eigenvalue weighted by atomic mass is 16.5. The minimum atomic E-state index is -0.691. The number of carbonyl (C=O) groups is 3. The molecule has 0 aliphatic heterocycles. The van der Waals surface area contributed by atoms with Crippen LogP contribution in [0.2, 0.25) is 0 Å². The van der Waals surface area contributed by atoms with Crippen molar-refractivity contribution in [3.8, 4) is 6.07 Å². The van der Waals surface area contributed by atoms with Gasteiger partial charge in [0.1, 0.15) is 6.07 Å². The molecule has 0 bridgehead atoms. The van der Waals surface area contributed by atoms with E-state index in [1.807, 2.05) is 32.9 Å². The highest BCUT2D eigenvalue weighted by Crippen LogP contribution is 2.67. The van der Waals surface area contributed by atoms with Gasteiger partial charge in [-0.15, -0.1) is 0 Å². The Hall–Kier alpha value is -2.42. The van der Waals surface area contributed by atoms with Crippen molar-refractivity contribution in [3.63, 3.8) is 0 Å². The summed E-state index contributed by atoms with van der Waals surface area (Å²) >= 11 is 0. The summed E-state index contributed by atoms with van der Waals surface area (Å²) in [5.41, 5.74) is -0.290. The second-order valence-electron chi connectivity index (χ2n) is 16.6. The van der Waals surface area contributed by atoms with E-state index >= 15 is 0 Å². The van der Waals surface area contributed by atoms with Gasteiger partial charge in [-0.3, -0.25) is 9.59 Å². The zero-order valence-corrected chi connectivity index (χ0v) is 30.1. The summed E-state index contributed by atoms with van der Waals surface area (Å²) in [7, 11) is 0. The molecular weight excluding hydrogens is 548 g/mol. The Labute approximate surface area is 268 Å². The molecule has 0 saturated heterocycles. The number of alkyl carbamates (subject to hydrolysis) is 1. The lowest BCUT2D eigenvalue weighted by atomic mass is 9.42. The number of ketones is 2. The molecule has 0 spiro atoms. The number of rotatable bonds is 14. The molecule has 248 valence electrons. The molecular formula is C38H62N2O4. The Balaban J connectivity index is 2.48. The van der Waals surface area contributed by atoms with E-state index in [4.69, 9.17) is 4.74 Å². The maximum atomic E-state index is 13.3. The summed E-state index contributed by atoms with van der Waals surface area (Å²) in [6, 6.07) is 2.18. The highest BCUT2D eigenvalue weighted by molar-refractivity contribution is 6.04. The van der Waals surface area contributed by atoms with Gasteiger partial charge in [0.15, 0.2) is 11.6 Å². The molecule has 2 aliphatic rings. The van der Waals surface area contributed by atoms with Crippen LogP contribution in [0.3, 0.4) is 0 Å². The van der Waals surface area contributed by atoms with Crippen molar-refractivity contribution in [2.45, 2.75) is 141 Å². The Morgan fingerprint density at radius 3 is 2.18 bits per heavy atom. The van der Waals surface area contributed by atoms with Gasteiger partial charge >= 0.3 is 6.09 Å². The normalized spacial score (nSPS) is 27.5. The number of nitrogens with zero attached hydrogens (tertiary/aromatic N) is 1. The molecule has 1 N–H and O–H groups in total. The van der Waals surface area contributed by atoms with Gasteiger partial charge in [0.25, 0.3) is 0 Å². The van der Waals surface area contributed by atoms with E-state index in [1.54, 1.807) is 6.92 Å². The molecule has 0 aromatic rings. The van der Waals surface area contributed by atoms with Crippen LogP contribution in [-0.2, 0) is 14.3 Å². The molecule has 6 nitrogen and oxygen atoms in total. The Kier molecular flexibility index (Phi) is 11.9. The first-order valence-electron chi connectivity index (χ1n) is 17.0. The van der Waals surface area contributed by atoms with Crippen LogP contribution >= 0.6 is 0 Å². The average Bonchev–Trinajstić information content (AvgIpc) is 2.91. The minimum Gasteiger partial charge on any atom is -0.450 e. The van der Waals surface area contributed by atoms with E-state index in [0.717, 1.165) is 56.9 Å². The van der Waals surface area contributed by atoms with Crippen LogP contribution in [-0.4, -0.2) is 30.8 Å². The van der Waals surface area contributed by atoms with Gasteiger partial charge in [-0.1, -0.05) is 87.3 Å². The number of amides is 1. The first-order valence-corrected chi connectivity index (χ1v) is 17.0. The Morgan fingerprint density at radius 2 is 1.64 bits per heavy atom. The lowest BCUT2D eigenvalue weighted by Crippen LogP contribution is -2.55. The Morgan fingerprint density at radius 1 is 1.02 bits per heavy atom. The fraction of sp³-hybridized carbons (Fsp3) is 0.789. The fourth-order valence-corrected chi connectivity index (χ4v) is 8.41. The van der Waals surface area contributed by atoms with Gasteiger partial charge in [0.05, 0.1) is 12.2 Å². The van der Waals surface area contributed by atoms with Gasteiger partial charge in [-0.2, -0.15) is 5.26 Å². The molecule has 0 radical (unpaired) electrons. The van der Waals surface area contributed by atoms with Gasteiger partial charge < -0.3 is 10.1 Å². The fourth-order valence-electron chi connectivity index (χ4n) is 8.41. The summed E-state index contributed by atoms with van der Waals surface area (Å²) in [6.45, 7) is 26.7. The van der Waals surface area contributed by atoms with E-state index in [0.29, 0.717) is 13.2 Å². The maximum absolute atomic E-state index is 13.3. The zero-order valence-electron chi connectivity index (χ0n) is 30.1. The number of Topliss-reactive ketones (excluding diaryl/α,β-unsaturated/α-hetero) is 1. The third-order valence-corrected chi connectivity index (χ3v) is 11.9. The van der Waals surface area contributed by atoms with E-state index in [1.165, 1.54) is 6.42 Å². The maximum Gasteiger partial charge on any atom is 0.407 e. The Bertz CT molecular complexity index is 1190. The molecule has 44 heavy (non-hydrogen) atoms. The lowest BCUT2D eigenvalue weighted by Gasteiger charge is -2.61. The van der Waals surface area contributed by atoms with Gasteiger partial charge in [-0.05, 0) is 98.9 Å². The smallest absolute Gasteiger partial charge is 0.407 e. The van der Waals surface area contributed by atoms with E-state index in [9.17, 15) is 19.6 Å². The molecule has 0 unspecified atom stereocenters. The topological polar surface area (TPSA) is 96.3 Å². The van der Waals surface area contributed by atoms with E-state index in [-0.39, 0.29) is 50.8 Å². The third kappa shape index (κ3) is 8.04. The molecule has 0 aromatic carbocycles. The lowest BCUT2D eigenvalue weighted by molar-refractivity contribution is -0.131. The van der Waals surface area contributed by atoms with Crippen LogP contribution in [0, 0.1) is 49.7 Å². The number of allylic oxidation sites excluding steroid dienone is 4. The molecule has 1 fully saturated rings. The van der Waals surface area contributed by atoms with Crippen molar-refractivity contribution < 1.29 is 19.1 Å². The molecule has 6 heteroatoms. The number of hydrogen-bond donors (Lipinski definition) is 1. The van der Waals surface area contributed by atoms with E-state index < -0.39 is 10.8 Å². The molecule has 1 amide bonds. The van der Waals surface area contributed by atoms with Gasteiger partial charge in [-0.25, -0.2) is 4.79 Å². The number of ether oxygens (including phenoxy) is 1. The first kappa shape index (κ1) is 37.8. The van der Waals surface area contributed by atoms with Crippen molar-refractivity contribution >= 4 is 17.7 Å². The summed E-state index contributed by atoms with van der Waals surface area (Å²) in [6.07, 6.45) is 12.2. The predicted octanol–water partition coefficient (Wildman–Crippen LogP) is 9.54. The van der Waals surface area contributed by atoms with Crippen LogP contribution in [0.1, 0.15) is 141 Å². The number of nitrogens with one attached hydrogen (secondary N) is 1. The zero-order chi connectivity index (χ0) is 33.8. The van der Waals surface area contributed by atoms with Crippen molar-refractivity contribution in [2.24, 2.45) is 38.4 Å². The molecule has 4 atom stereocenters. The first-order chi connectivity index (χ1) is 20.1. The van der Waals surface area contributed by atoms with Crippen molar-refractivity contribution in [1.29, 1.82) is 5.26 Å². The van der Waals surface area contributed by atoms with Gasteiger partial charge in [0, 0.05) is 17.4 Å². The summed E-state index contributed by atoms with van der Waals surface area (Å²) in [4.78, 5) is 38.2. The van der Waals surface area contributed by atoms with Crippen LogP contribution in [0.15, 0.2) is 23.3 Å². The van der Waals surface area contributed by atoms with Gasteiger partial charge in [0.2, 0.25) is 0 Å². The van der Waals surface area contributed by atoms with Crippen LogP contribution < -0.4 is 5.32 Å². The number of carbonyl (C=O) groups excluding carboxylic acids is 3. The monoisotopic (exact) mass is 610 g/mol. The third-order valence-electron chi connectivity index (χ3n) is 11.9. The number of nitriles is 1. The molecule has 0 aromatic heterocycles. The molecule has 1 saturated carbocycles. The number of fused-ring (bicyclic) bond motifs is 1. The second-order valence-corrected chi connectivity index (χ2v) is 16.6. The quantitative estimate of drug-likeness (QED) is 0.198. The highest BCUT2D eigenvalue weighted by Gasteiger charge is 2.61. The number of hydrogen-bond acceptors (Lipinski definition) is 5. The van der Waals surface area contributed by atoms with Crippen LogP contribution in [0.4, 0.5) is 4.79 Å². The second kappa shape index (κ2) is 13.9. The summed E-state index contributed by atoms with van der Waals surface area (Å²) < 4.78 is 5.55. The summed E-state index contributed by atoms with van der Waals surface area (Å²) in [5, 5.41) is 12.7. The largest absolute Gasteiger partial charge is 0.450 e. The van der Waals surface area contributed by atoms with Crippen LogP contribution in [0.25, 0.3) is 0 Å². The predicted molar refractivity (Wildman–Crippen MR) is 179 cm³/mol. The van der Waals surface area contributed by atoms with E-state index in [2.05, 4.69) is 66.8 Å². The molecule has 0 heterocycles. The standard InChI is InChI=1S/C38H62N2O4/c1-13-16-33(4,5)18-20-36(10,22-23-44-32(43)40-14-2)21-19-34(6,7)38(12)17-15-29-35(8,9)31(42)28(26-39)25-37(29,11)30(38)24-27(3)41/h24-25,29H,13-23H2,1-12H3,(H,40,43)/b30-24-/t29-,36-,37-,38+/m0/s1. The SMILES string of the molecule is CCCC(C)(C)CC[C@](C)(CCOC(=O)NCC)CCC(C)(C)[C@]1(C)CC[C@H]2C(C)(C)C(=O)C(C#N)=C[C@]2(C)/C1=C/C(C)=O. The average molecular weight is 611 g/mol. The molecule has 2 rings (SSSR count). The van der Waals surface area contributed by atoms with Crippen LogP contribution in [0.5, 0.6) is 0 Å². The van der Waals surface area contributed by atoms with Crippen molar-refractivity contribution in [3.05, 3.63) is 23.3 Å². The molecule has 2 aliphatic carbocycles. The minimum absolute atomic E-state index is 0.00369. The summed E-state index contributed by atoms with van der Waals surface area (Å²) in [5.74, 6) is -0.0910.